The van der Waals surface area contributed by atoms with Gasteiger partial charge in [-0.3, -0.25) is 10.1 Å². The summed E-state index contributed by atoms with van der Waals surface area (Å²) in [5.41, 5.74) is 1.69. The van der Waals surface area contributed by atoms with Crippen LogP contribution in [0.2, 0.25) is 0 Å². The summed E-state index contributed by atoms with van der Waals surface area (Å²) in [7, 11) is 0. The lowest BCUT2D eigenvalue weighted by Gasteiger charge is -2.32. The number of carbonyl (C=O) groups excluding carboxylic acids is 1. The first-order chi connectivity index (χ1) is 15.9. The second-order valence-corrected chi connectivity index (χ2v) is 8.35. The summed E-state index contributed by atoms with van der Waals surface area (Å²) >= 11 is 0. The molecule has 0 radical (unpaired) electrons. The molecule has 0 saturated carbocycles. The number of urea groups is 1. The zero-order valence-electron chi connectivity index (χ0n) is 18.5. The van der Waals surface area contributed by atoms with Crippen molar-refractivity contribution in [2.75, 3.05) is 18.4 Å². The van der Waals surface area contributed by atoms with E-state index in [-0.39, 0.29) is 30.3 Å². The highest BCUT2D eigenvalue weighted by atomic mass is 19.1. The van der Waals surface area contributed by atoms with Gasteiger partial charge in [0.2, 0.25) is 0 Å². The van der Waals surface area contributed by atoms with Crippen LogP contribution in [-0.2, 0) is 4.79 Å². The van der Waals surface area contributed by atoms with Crippen LogP contribution in [0.5, 0.6) is 5.75 Å². The Labute approximate surface area is 191 Å². The summed E-state index contributed by atoms with van der Waals surface area (Å²) in [5.74, 6) is -0.222. The van der Waals surface area contributed by atoms with Gasteiger partial charge in [-0.25, -0.2) is 9.18 Å². The number of piperidine rings is 1. The average Bonchev–Trinajstić information content (AvgIpc) is 3.17. The number of amides is 2. The van der Waals surface area contributed by atoms with Crippen molar-refractivity contribution >= 4 is 28.7 Å². The van der Waals surface area contributed by atoms with Crippen LogP contribution in [0.15, 0.2) is 48.5 Å². The maximum atomic E-state index is 13.1. The number of carbonyl (C=O) groups is 2. The zero-order chi connectivity index (χ0) is 23.4. The van der Waals surface area contributed by atoms with Gasteiger partial charge in [0.05, 0.1) is 6.42 Å². The Bertz CT molecular complexity index is 1120. The van der Waals surface area contributed by atoms with E-state index >= 15 is 0 Å². The summed E-state index contributed by atoms with van der Waals surface area (Å²) in [6.45, 7) is 3.01. The topological polar surface area (TPSA) is 94.7 Å². The summed E-state index contributed by atoms with van der Waals surface area (Å²) in [6.07, 6.45) is 1.93. The van der Waals surface area contributed by atoms with Crippen molar-refractivity contribution < 1.29 is 23.8 Å². The molecule has 1 aliphatic rings. The van der Waals surface area contributed by atoms with E-state index < -0.39 is 5.97 Å². The number of likely N-dealkylation sites (tertiary alicyclic amines) is 1. The minimum Gasteiger partial charge on any atom is -0.490 e. The molecule has 1 unspecified atom stereocenters. The van der Waals surface area contributed by atoms with Crippen LogP contribution < -0.4 is 10.1 Å². The molecular formula is C25H28FN3O4. The van der Waals surface area contributed by atoms with Gasteiger partial charge in [0, 0.05) is 42.4 Å². The van der Waals surface area contributed by atoms with Crippen LogP contribution in [0.3, 0.4) is 0 Å². The van der Waals surface area contributed by atoms with Gasteiger partial charge in [-0.05, 0) is 42.7 Å². The minimum absolute atomic E-state index is 0.00661. The molecule has 0 aliphatic carbocycles. The molecule has 4 rings (SSSR count). The lowest BCUT2D eigenvalue weighted by atomic mass is 9.92. The van der Waals surface area contributed by atoms with Crippen LogP contribution in [0.25, 0.3) is 10.9 Å². The molecule has 7 nitrogen and oxygen atoms in total. The van der Waals surface area contributed by atoms with Crippen molar-refractivity contribution in [1.29, 1.82) is 0 Å². The Morgan fingerprint density at radius 2 is 1.88 bits per heavy atom. The Kier molecular flexibility index (Phi) is 6.82. The Morgan fingerprint density at radius 3 is 2.55 bits per heavy atom. The van der Waals surface area contributed by atoms with Crippen molar-refractivity contribution in [2.24, 2.45) is 0 Å². The molecule has 1 saturated heterocycles. The zero-order valence-corrected chi connectivity index (χ0v) is 18.5. The molecule has 0 spiro atoms. The van der Waals surface area contributed by atoms with Gasteiger partial charge in [0.15, 0.2) is 0 Å². The van der Waals surface area contributed by atoms with E-state index in [0.717, 1.165) is 16.5 Å². The molecule has 0 bridgehead atoms. The molecule has 2 aromatic carbocycles. The predicted molar refractivity (Wildman–Crippen MR) is 124 cm³/mol. The first-order valence-corrected chi connectivity index (χ1v) is 11.2. The largest absolute Gasteiger partial charge is 0.490 e. The Balaban J connectivity index is 1.44. The van der Waals surface area contributed by atoms with E-state index in [1.165, 1.54) is 12.1 Å². The number of nitrogens with one attached hydrogen (secondary N) is 2. The number of H-pyrrole nitrogens is 1. The average molecular weight is 454 g/mol. The molecular weight excluding hydrogens is 425 g/mol. The number of aliphatic carboxylic acids is 1. The van der Waals surface area contributed by atoms with Gasteiger partial charge in [-0.2, -0.15) is 0 Å². The van der Waals surface area contributed by atoms with Crippen molar-refractivity contribution in [1.82, 2.24) is 9.88 Å². The molecule has 33 heavy (non-hydrogen) atoms. The Morgan fingerprint density at radius 1 is 1.18 bits per heavy atom. The Hall–Kier alpha value is -3.55. The monoisotopic (exact) mass is 453 g/mol. The molecule has 8 heteroatoms. The van der Waals surface area contributed by atoms with Crippen LogP contribution >= 0.6 is 0 Å². The number of nitrogens with zero attached hydrogens (tertiary/aromatic N) is 1. The lowest BCUT2D eigenvalue weighted by Crippen LogP contribution is -2.44. The molecule has 3 aromatic rings. The number of ether oxygens (including phenoxy) is 1. The molecule has 2 heterocycles. The highest BCUT2D eigenvalue weighted by Gasteiger charge is 2.27. The predicted octanol–water partition coefficient (Wildman–Crippen LogP) is 5.35. The number of carboxylic acids is 1. The summed E-state index contributed by atoms with van der Waals surface area (Å²) in [6, 6.07) is 13.4. The van der Waals surface area contributed by atoms with Gasteiger partial charge in [0.25, 0.3) is 0 Å². The van der Waals surface area contributed by atoms with E-state index in [9.17, 15) is 19.1 Å². The highest BCUT2D eigenvalue weighted by Crippen LogP contribution is 2.36. The molecule has 3 N–H and O–H groups in total. The molecule has 1 atom stereocenters. The number of carboxylic acid groups (broad SMARTS) is 1. The van der Waals surface area contributed by atoms with Crippen molar-refractivity contribution in [2.45, 2.75) is 44.6 Å². The molecule has 2 amide bonds. The normalized spacial score (nSPS) is 15.4. The van der Waals surface area contributed by atoms with Crippen LogP contribution in [0.1, 0.15) is 44.1 Å². The van der Waals surface area contributed by atoms with E-state index in [1.807, 2.05) is 31.2 Å². The maximum Gasteiger partial charge on any atom is 0.322 e. The minimum atomic E-state index is -0.868. The number of halogens is 1. The van der Waals surface area contributed by atoms with Crippen LogP contribution in [0, 0.1) is 5.82 Å². The smallest absolute Gasteiger partial charge is 0.322 e. The van der Waals surface area contributed by atoms with E-state index in [1.54, 1.807) is 17.0 Å². The third kappa shape index (κ3) is 5.27. The molecule has 1 aromatic heterocycles. The highest BCUT2D eigenvalue weighted by molar-refractivity contribution is 5.96. The lowest BCUT2D eigenvalue weighted by molar-refractivity contribution is -0.137. The van der Waals surface area contributed by atoms with E-state index in [4.69, 9.17) is 4.74 Å². The summed E-state index contributed by atoms with van der Waals surface area (Å²) < 4.78 is 19.0. The van der Waals surface area contributed by atoms with Crippen molar-refractivity contribution in [3.8, 4) is 5.75 Å². The van der Waals surface area contributed by atoms with Crippen molar-refractivity contribution in [3.63, 3.8) is 0 Å². The fourth-order valence-electron chi connectivity index (χ4n) is 4.42. The number of aromatic amines is 1. The van der Waals surface area contributed by atoms with Gasteiger partial charge < -0.3 is 19.7 Å². The standard InChI is InChI=1S/C25H28FN3O4/c1-2-16(15-22(30)31)23-20-5-3-4-6-21(20)27-24(23)28-25(32)29-13-11-19(12-14-29)33-18-9-7-17(26)8-10-18/h3-10,16,19,27H,2,11-15H2,1H3,(H,28,32)(H,30,31). The second kappa shape index (κ2) is 9.94. The summed E-state index contributed by atoms with van der Waals surface area (Å²) in [4.78, 5) is 29.4. The first-order valence-electron chi connectivity index (χ1n) is 11.2. The second-order valence-electron chi connectivity index (χ2n) is 8.35. The number of anilines is 1. The molecule has 1 aliphatic heterocycles. The maximum absolute atomic E-state index is 13.1. The SMILES string of the molecule is CCC(CC(=O)O)c1c(NC(=O)N2CCC(Oc3ccc(F)cc3)CC2)[nH]c2ccccc12. The number of para-hydroxylation sites is 1. The quantitative estimate of drug-likeness (QED) is 0.449. The fraction of sp³-hybridized carbons (Fsp3) is 0.360. The summed E-state index contributed by atoms with van der Waals surface area (Å²) in [5, 5.41) is 13.3. The molecule has 174 valence electrons. The third-order valence-corrected chi connectivity index (χ3v) is 6.15. The van der Waals surface area contributed by atoms with E-state index in [2.05, 4.69) is 10.3 Å². The number of fused-ring (bicyclic) bond motifs is 1. The van der Waals surface area contributed by atoms with Gasteiger partial charge in [-0.1, -0.05) is 25.1 Å². The molecule has 1 fully saturated rings. The van der Waals surface area contributed by atoms with Crippen molar-refractivity contribution in [3.05, 3.63) is 59.9 Å². The number of aromatic nitrogens is 1. The number of hydrogen-bond donors (Lipinski definition) is 3. The van der Waals surface area contributed by atoms with Gasteiger partial charge in [-0.15, -0.1) is 0 Å². The van der Waals surface area contributed by atoms with Gasteiger partial charge >= 0.3 is 12.0 Å². The van der Waals surface area contributed by atoms with Crippen LogP contribution in [0.4, 0.5) is 15.0 Å². The van der Waals surface area contributed by atoms with Gasteiger partial charge in [0.1, 0.15) is 23.5 Å². The van der Waals surface area contributed by atoms with Crippen LogP contribution in [-0.4, -0.2) is 46.2 Å². The fourth-order valence-corrected chi connectivity index (χ4v) is 4.42. The third-order valence-electron chi connectivity index (χ3n) is 6.15. The van der Waals surface area contributed by atoms with E-state index in [0.29, 0.717) is 43.9 Å². The number of hydrogen-bond acceptors (Lipinski definition) is 3. The number of benzene rings is 2. The first kappa shape index (κ1) is 22.6. The number of rotatable bonds is 7.